The Bertz CT molecular complexity index is 1040. The lowest BCUT2D eigenvalue weighted by Crippen LogP contribution is -2.12. The van der Waals surface area contributed by atoms with Gasteiger partial charge in [0.1, 0.15) is 0 Å². The van der Waals surface area contributed by atoms with Crippen molar-refractivity contribution < 1.29 is 27.5 Å². The molecule has 3 nitrogen and oxygen atoms in total. The van der Waals surface area contributed by atoms with Crippen molar-refractivity contribution in [1.29, 1.82) is 0 Å². The van der Waals surface area contributed by atoms with Crippen LogP contribution in [0.25, 0.3) is 17.2 Å². The van der Waals surface area contributed by atoms with Crippen molar-refractivity contribution in [1.82, 2.24) is 0 Å². The van der Waals surface area contributed by atoms with Gasteiger partial charge in [-0.1, -0.05) is 66.7 Å². The minimum absolute atomic E-state index is 0.356. The zero-order chi connectivity index (χ0) is 21.6. The molecule has 0 fully saturated rings. The summed E-state index contributed by atoms with van der Waals surface area (Å²) in [6.45, 7) is -0.430. The summed E-state index contributed by atoms with van der Waals surface area (Å²) in [5, 5.41) is 0. The Morgan fingerprint density at radius 1 is 0.800 bits per heavy atom. The minimum Gasteiger partial charge on any atom is -0.454 e. The maximum absolute atomic E-state index is 12.5. The van der Waals surface area contributed by atoms with Crippen LogP contribution in [-0.2, 0) is 15.7 Å². The SMILES string of the molecule is O=C(/C=C/c1ccc(C(F)(F)F)cc1)OCC(=O)c1ccc(-c2ccccc2)cc1. The second-order valence-corrected chi connectivity index (χ2v) is 6.43. The molecule has 0 amide bonds. The number of esters is 1. The Kier molecular flexibility index (Phi) is 6.47. The molecule has 30 heavy (non-hydrogen) atoms. The van der Waals surface area contributed by atoms with E-state index in [1.807, 2.05) is 42.5 Å². The molecule has 3 aromatic rings. The number of Topliss-reactive ketones (excluding diaryl/α,β-unsaturated/α-hetero) is 1. The minimum atomic E-state index is -4.42. The van der Waals surface area contributed by atoms with Crippen LogP contribution in [0.15, 0.2) is 84.9 Å². The molecule has 6 heteroatoms. The van der Waals surface area contributed by atoms with E-state index in [0.29, 0.717) is 11.1 Å². The van der Waals surface area contributed by atoms with Crippen molar-refractivity contribution in [2.45, 2.75) is 6.18 Å². The predicted octanol–water partition coefficient (Wildman–Crippen LogP) is 5.81. The Balaban J connectivity index is 1.53. The highest BCUT2D eigenvalue weighted by molar-refractivity contribution is 5.99. The van der Waals surface area contributed by atoms with Gasteiger partial charge in [0.25, 0.3) is 0 Å². The van der Waals surface area contributed by atoms with E-state index in [1.54, 1.807) is 12.1 Å². The smallest absolute Gasteiger partial charge is 0.416 e. The summed E-state index contributed by atoms with van der Waals surface area (Å²) in [6, 6.07) is 21.0. The van der Waals surface area contributed by atoms with Crippen LogP contribution in [-0.4, -0.2) is 18.4 Å². The number of alkyl halides is 3. The highest BCUT2D eigenvalue weighted by Gasteiger charge is 2.29. The first kappa shape index (κ1) is 21.0. The Hall–Kier alpha value is -3.67. The van der Waals surface area contributed by atoms with Crippen LogP contribution in [0.3, 0.4) is 0 Å². The van der Waals surface area contributed by atoms with Gasteiger partial charge in [0, 0.05) is 11.6 Å². The van der Waals surface area contributed by atoms with E-state index in [9.17, 15) is 22.8 Å². The van der Waals surface area contributed by atoms with E-state index in [0.717, 1.165) is 29.3 Å². The van der Waals surface area contributed by atoms with Crippen LogP contribution >= 0.6 is 0 Å². The summed E-state index contributed by atoms with van der Waals surface area (Å²) in [5.74, 6) is -1.12. The Morgan fingerprint density at radius 3 is 2.00 bits per heavy atom. The molecule has 152 valence electrons. The van der Waals surface area contributed by atoms with Gasteiger partial charge in [-0.2, -0.15) is 13.2 Å². The molecule has 0 spiro atoms. The maximum atomic E-state index is 12.5. The molecular formula is C24H17F3O3. The van der Waals surface area contributed by atoms with Crippen LogP contribution in [0, 0.1) is 0 Å². The van der Waals surface area contributed by atoms with Crippen LogP contribution in [0.5, 0.6) is 0 Å². The number of benzene rings is 3. The third-order valence-electron chi connectivity index (χ3n) is 4.31. The standard InChI is InChI=1S/C24H17F3O3/c25-24(26,27)21-13-6-17(7-14-21)8-15-23(29)30-16-22(28)20-11-9-19(10-12-20)18-4-2-1-3-5-18/h1-15H,16H2/b15-8+. The molecule has 0 aliphatic heterocycles. The lowest BCUT2D eigenvalue weighted by molar-refractivity contribution is -0.138. The second-order valence-electron chi connectivity index (χ2n) is 6.43. The van der Waals surface area contributed by atoms with Crippen LogP contribution in [0.4, 0.5) is 13.2 Å². The van der Waals surface area contributed by atoms with Gasteiger partial charge >= 0.3 is 12.1 Å². The molecule has 0 aliphatic carbocycles. The van der Waals surface area contributed by atoms with Crippen molar-refractivity contribution in [2.75, 3.05) is 6.61 Å². The zero-order valence-electron chi connectivity index (χ0n) is 15.7. The first-order valence-electron chi connectivity index (χ1n) is 9.04. The fourth-order valence-corrected chi connectivity index (χ4v) is 2.69. The summed E-state index contributed by atoms with van der Waals surface area (Å²) in [6.07, 6.45) is -2.03. The van der Waals surface area contributed by atoms with Crippen molar-refractivity contribution in [3.63, 3.8) is 0 Å². The summed E-state index contributed by atoms with van der Waals surface area (Å²) in [5.41, 5.74) is 2.03. The highest BCUT2D eigenvalue weighted by Crippen LogP contribution is 2.29. The van der Waals surface area contributed by atoms with Gasteiger partial charge in [-0.05, 0) is 34.9 Å². The second kappa shape index (κ2) is 9.22. The maximum Gasteiger partial charge on any atom is 0.416 e. The molecule has 0 atom stereocenters. The number of carbonyl (C=O) groups excluding carboxylic acids is 2. The zero-order valence-corrected chi connectivity index (χ0v) is 15.7. The number of ketones is 1. The first-order valence-corrected chi connectivity index (χ1v) is 9.04. The number of rotatable bonds is 6. The largest absolute Gasteiger partial charge is 0.454 e. The van der Waals surface area contributed by atoms with Gasteiger partial charge < -0.3 is 4.74 Å². The van der Waals surface area contributed by atoms with Crippen molar-refractivity contribution in [3.8, 4) is 11.1 Å². The summed E-state index contributed by atoms with van der Waals surface area (Å²) < 4.78 is 42.5. The Labute approximate surface area is 171 Å². The van der Waals surface area contributed by atoms with Crippen molar-refractivity contribution in [2.24, 2.45) is 0 Å². The van der Waals surface area contributed by atoms with E-state index < -0.39 is 24.3 Å². The Morgan fingerprint density at radius 2 is 1.40 bits per heavy atom. The molecule has 3 rings (SSSR count). The van der Waals surface area contributed by atoms with Crippen molar-refractivity contribution in [3.05, 3.63) is 102 Å². The lowest BCUT2D eigenvalue weighted by Gasteiger charge is -2.06. The summed E-state index contributed by atoms with van der Waals surface area (Å²) >= 11 is 0. The monoisotopic (exact) mass is 410 g/mol. The van der Waals surface area contributed by atoms with E-state index in [1.165, 1.54) is 18.2 Å². The van der Waals surface area contributed by atoms with Gasteiger partial charge in [-0.15, -0.1) is 0 Å². The molecule has 0 bridgehead atoms. The van der Waals surface area contributed by atoms with Gasteiger partial charge in [0.2, 0.25) is 0 Å². The highest BCUT2D eigenvalue weighted by atomic mass is 19.4. The quantitative estimate of drug-likeness (QED) is 0.293. The van der Waals surface area contributed by atoms with E-state index in [4.69, 9.17) is 4.74 Å². The average molecular weight is 410 g/mol. The van der Waals surface area contributed by atoms with Crippen LogP contribution in [0.2, 0.25) is 0 Å². The van der Waals surface area contributed by atoms with E-state index in [-0.39, 0.29) is 5.78 Å². The van der Waals surface area contributed by atoms with Gasteiger partial charge in [-0.3, -0.25) is 4.79 Å². The summed E-state index contributed by atoms with van der Waals surface area (Å²) in [7, 11) is 0. The topological polar surface area (TPSA) is 43.4 Å². The molecule has 0 unspecified atom stereocenters. The molecule has 0 heterocycles. The molecule has 0 aromatic heterocycles. The molecule has 0 N–H and O–H groups in total. The van der Waals surface area contributed by atoms with Gasteiger partial charge in [-0.25, -0.2) is 4.79 Å². The lowest BCUT2D eigenvalue weighted by atomic mass is 10.0. The average Bonchev–Trinajstić information content (AvgIpc) is 2.76. The molecule has 3 aromatic carbocycles. The van der Waals surface area contributed by atoms with Gasteiger partial charge in [0.15, 0.2) is 12.4 Å². The fourth-order valence-electron chi connectivity index (χ4n) is 2.69. The molecular weight excluding hydrogens is 393 g/mol. The van der Waals surface area contributed by atoms with Gasteiger partial charge in [0.05, 0.1) is 5.56 Å². The first-order chi connectivity index (χ1) is 14.3. The summed E-state index contributed by atoms with van der Waals surface area (Å²) in [4.78, 5) is 24.0. The third-order valence-corrected chi connectivity index (χ3v) is 4.31. The number of halogens is 3. The fraction of sp³-hybridized carbons (Fsp3) is 0.0833. The van der Waals surface area contributed by atoms with Crippen LogP contribution < -0.4 is 0 Å². The molecule has 0 aliphatic rings. The normalized spacial score (nSPS) is 11.4. The third kappa shape index (κ3) is 5.67. The molecule has 0 saturated carbocycles. The van der Waals surface area contributed by atoms with E-state index >= 15 is 0 Å². The number of carbonyl (C=O) groups is 2. The van der Waals surface area contributed by atoms with E-state index in [2.05, 4.69) is 0 Å². The molecule has 0 saturated heterocycles. The number of ether oxygens (including phenoxy) is 1. The van der Waals surface area contributed by atoms with Crippen LogP contribution in [0.1, 0.15) is 21.5 Å². The molecule has 0 radical (unpaired) electrons. The predicted molar refractivity (Wildman–Crippen MR) is 108 cm³/mol. The number of hydrogen-bond donors (Lipinski definition) is 0. The number of hydrogen-bond acceptors (Lipinski definition) is 3. The van der Waals surface area contributed by atoms with Crippen molar-refractivity contribution >= 4 is 17.8 Å².